The number of carbonyl (C=O) groups excluding carboxylic acids is 2. The molecule has 0 aliphatic carbocycles. The molecule has 1 aromatic heterocycles. The Balaban J connectivity index is 1.62. The van der Waals surface area contributed by atoms with Crippen LogP contribution < -0.4 is 10.1 Å². The van der Waals surface area contributed by atoms with Crippen molar-refractivity contribution in [2.24, 2.45) is 0 Å². The van der Waals surface area contributed by atoms with Crippen LogP contribution in [0.4, 0.5) is 0 Å². The monoisotopic (exact) mass is 462 g/mol. The van der Waals surface area contributed by atoms with Crippen molar-refractivity contribution in [3.8, 4) is 17.0 Å². The summed E-state index contributed by atoms with van der Waals surface area (Å²) >= 11 is 0. The average molecular weight is 463 g/mol. The molecule has 34 heavy (non-hydrogen) atoms. The number of ether oxygens (including phenoxy) is 2. The molecule has 0 spiro atoms. The van der Waals surface area contributed by atoms with Crippen molar-refractivity contribution in [2.45, 2.75) is 32.0 Å². The van der Waals surface area contributed by atoms with Crippen molar-refractivity contribution in [1.82, 2.24) is 20.0 Å². The van der Waals surface area contributed by atoms with Crippen molar-refractivity contribution >= 4 is 11.8 Å². The molecule has 0 fully saturated rings. The first kappa shape index (κ1) is 23.5. The third kappa shape index (κ3) is 4.68. The molecule has 4 rings (SSSR count). The summed E-state index contributed by atoms with van der Waals surface area (Å²) in [5, 5.41) is 7.69. The van der Waals surface area contributed by atoms with Crippen LogP contribution >= 0.6 is 0 Å². The SMILES string of the molecule is COCCCN1C(=O)c2cc(-c3ccc(OC)cc3)nn2C[C@@]1(C)C(=O)NCc1ccccc1. The summed E-state index contributed by atoms with van der Waals surface area (Å²) in [5.41, 5.74) is 1.93. The first-order chi connectivity index (χ1) is 16.5. The summed E-state index contributed by atoms with van der Waals surface area (Å²) < 4.78 is 12.1. The third-order valence-corrected chi connectivity index (χ3v) is 6.20. The highest BCUT2D eigenvalue weighted by Crippen LogP contribution is 2.31. The molecule has 2 amide bonds. The second-order valence-electron chi connectivity index (χ2n) is 8.55. The minimum absolute atomic E-state index is 0.214. The normalized spacial score (nSPS) is 17.4. The van der Waals surface area contributed by atoms with Crippen LogP contribution in [0.15, 0.2) is 60.7 Å². The van der Waals surface area contributed by atoms with Gasteiger partial charge in [0.15, 0.2) is 0 Å². The highest BCUT2D eigenvalue weighted by Gasteiger charge is 2.47. The van der Waals surface area contributed by atoms with Crippen molar-refractivity contribution < 1.29 is 19.1 Å². The zero-order valence-electron chi connectivity index (χ0n) is 19.8. The van der Waals surface area contributed by atoms with Crippen molar-refractivity contribution in [3.05, 3.63) is 71.9 Å². The fraction of sp³-hybridized carbons (Fsp3) is 0.346. The van der Waals surface area contributed by atoms with Crippen LogP contribution in [0, 0.1) is 0 Å². The maximum atomic E-state index is 13.6. The summed E-state index contributed by atoms with van der Waals surface area (Å²) in [7, 11) is 3.24. The molecule has 1 aliphatic rings. The Hall–Kier alpha value is -3.65. The molecule has 1 N–H and O–H groups in total. The zero-order valence-corrected chi connectivity index (χ0v) is 19.8. The highest BCUT2D eigenvalue weighted by molar-refractivity contribution is 6.00. The van der Waals surface area contributed by atoms with E-state index in [1.807, 2.05) is 54.6 Å². The molecular weight excluding hydrogens is 432 g/mol. The fourth-order valence-electron chi connectivity index (χ4n) is 4.23. The molecule has 8 nitrogen and oxygen atoms in total. The highest BCUT2D eigenvalue weighted by atomic mass is 16.5. The number of benzene rings is 2. The van der Waals surface area contributed by atoms with Crippen molar-refractivity contribution in [2.75, 3.05) is 27.4 Å². The van der Waals surface area contributed by atoms with Gasteiger partial charge in [0.05, 0.1) is 19.3 Å². The number of rotatable bonds is 9. The number of amides is 2. The topological polar surface area (TPSA) is 85.7 Å². The van der Waals surface area contributed by atoms with Crippen LogP contribution in [0.5, 0.6) is 5.75 Å². The molecule has 0 unspecified atom stereocenters. The van der Waals surface area contributed by atoms with E-state index in [-0.39, 0.29) is 18.4 Å². The maximum absolute atomic E-state index is 13.6. The Morgan fingerprint density at radius 3 is 2.53 bits per heavy atom. The number of carbonyl (C=O) groups is 2. The van der Waals surface area contributed by atoms with Crippen molar-refractivity contribution in [1.29, 1.82) is 0 Å². The molecule has 3 aromatic rings. The molecule has 2 heterocycles. The first-order valence-corrected chi connectivity index (χ1v) is 11.3. The van der Waals surface area contributed by atoms with Crippen molar-refractivity contribution in [3.63, 3.8) is 0 Å². The van der Waals surface area contributed by atoms with Gasteiger partial charge in [-0.1, -0.05) is 30.3 Å². The van der Waals surface area contributed by atoms with Gasteiger partial charge in [0.2, 0.25) is 5.91 Å². The van der Waals surface area contributed by atoms with Gasteiger partial charge in [0, 0.05) is 32.4 Å². The van der Waals surface area contributed by atoms with E-state index in [2.05, 4.69) is 10.4 Å². The van der Waals surface area contributed by atoms with Gasteiger partial charge >= 0.3 is 0 Å². The van der Waals surface area contributed by atoms with Gasteiger partial charge in [-0.05, 0) is 49.2 Å². The maximum Gasteiger partial charge on any atom is 0.273 e. The smallest absolute Gasteiger partial charge is 0.273 e. The number of methoxy groups -OCH3 is 2. The minimum Gasteiger partial charge on any atom is -0.497 e. The van der Waals surface area contributed by atoms with Crippen LogP contribution in [0.25, 0.3) is 11.3 Å². The van der Waals surface area contributed by atoms with Crippen LogP contribution in [-0.2, 0) is 22.6 Å². The molecule has 8 heteroatoms. The second kappa shape index (κ2) is 10.1. The Kier molecular flexibility index (Phi) is 6.98. The Labute approximate surface area is 199 Å². The van der Waals surface area contributed by atoms with Gasteiger partial charge in [-0.3, -0.25) is 14.3 Å². The molecule has 0 radical (unpaired) electrons. The number of aromatic nitrogens is 2. The molecule has 178 valence electrons. The van der Waals surface area contributed by atoms with Crippen LogP contribution in [0.1, 0.15) is 29.4 Å². The molecule has 1 atom stereocenters. The lowest BCUT2D eigenvalue weighted by atomic mass is 9.94. The predicted octanol–water partition coefficient (Wildman–Crippen LogP) is 3.13. The first-order valence-electron chi connectivity index (χ1n) is 11.3. The number of nitrogens with zero attached hydrogens (tertiary/aromatic N) is 3. The van der Waals surface area contributed by atoms with Crippen LogP contribution in [-0.4, -0.2) is 59.4 Å². The quantitative estimate of drug-likeness (QED) is 0.494. The lowest BCUT2D eigenvalue weighted by Crippen LogP contribution is -2.64. The Morgan fingerprint density at radius 2 is 1.85 bits per heavy atom. The van der Waals surface area contributed by atoms with E-state index < -0.39 is 5.54 Å². The molecule has 0 saturated heterocycles. The van der Waals surface area contributed by atoms with E-state index in [4.69, 9.17) is 9.47 Å². The summed E-state index contributed by atoms with van der Waals surface area (Å²) in [5.74, 6) is 0.317. The van der Waals surface area contributed by atoms with Gasteiger partial charge in [-0.15, -0.1) is 0 Å². The molecule has 0 saturated carbocycles. The third-order valence-electron chi connectivity index (χ3n) is 6.20. The molecule has 0 bridgehead atoms. The van der Waals surface area contributed by atoms with Gasteiger partial charge in [-0.2, -0.15) is 5.10 Å². The van der Waals surface area contributed by atoms with Gasteiger partial charge in [0.1, 0.15) is 17.0 Å². The summed E-state index contributed by atoms with van der Waals surface area (Å²) in [6.45, 7) is 3.36. The van der Waals surface area contributed by atoms with Gasteiger partial charge in [-0.25, -0.2) is 0 Å². The number of fused-ring (bicyclic) bond motifs is 1. The fourth-order valence-corrected chi connectivity index (χ4v) is 4.23. The van der Waals surface area contributed by atoms with E-state index in [9.17, 15) is 9.59 Å². The van der Waals surface area contributed by atoms with E-state index in [1.165, 1.54) is 0 Å². The lowest BCUT2D eigenvalue weighted by Gasteiger charge is -2.43. The van der Waals surface area contributed by atoms with Crippen LogP contribution in [0.2, 0.25) is 0 Å². The summed E-state index contributed by atoms with van der Waals surface area (Å²) in [4.78, 5) is 28.7. The number of hydrogen-bond donors (Lipinski definition) is 1. The van der Waals surface area contributed by atoms with E-state index in [1.54, 1.807) is 36.8 Å². The summed E-state index contributed by atoms with van der Waals surface area (Å²) in [6, 6.07) is 19.0. The Bertz CT molecular complexity index is 1140. The lowest BCUT2D eigenvalue weighted by molar-refractivity contribution is -0.133. The predicted molar refractivity (Wildman–Crippen MR) is 128 cm³/mol. The van der Waals surface area contributed by atoms with Crippen LogP contribution in [0.3, 0.4) is 0 Å². The number of nitrogens with one attached hydrogen (secondary N) is 1. The van der Waals surface area contributed by atoms with Gasteiger partial charge in [0.25, 0.3) is 5.91 Å². The number of hydrogen-bond acceptors (Lipinski definition) is 5. The average Bonchev–Trinajstić information content (AvgIpc) is 3.29. The summed E-state index contributed by atoms with van der Waals surface area (Å²) in [6.07, 6.45) is 0.628. The van der Waals surface area contributed by atoms with E-state index >= 15 is 0 Å². The largest absolute Gasteiger partial charge is 0.497 e. The van der Waals surface area contributed by atoms with E-state index in [0.717, 1.165) is 16.9 Å². The standard InChI is InChI=1S/C26H30N4O4/c1-26(25(32)27-17-19-8-5-4-6-9-19)18-30-23(24(31)29(26)14-7-15-33-2)16-22(28-30)20-10-12-21(34-3)13-11-20/h4-6,8-13,16H,7,14-15,17-18H2,1-3H3,(H,27,32)/t26-/m0/s1. The molecule has 2 aromatic carbocycles. The second-order valence-corrected chi connectivity index (χ2v) is 8.55. The van der Waals surface area contributed by atoms with E-state index in [0.29, 0.717) is 37.5 Å². The molecular formula is C26H30N4O4. The van der Waals surface area contributed by atoms with Gasteiger partial charge < -0.3 is 19.7 Å². The Morgan fingerprint density at radius 1 is 1.12 bits per heavy atom. The molecule has 1 aliphatic heterocycles. The zero-order chi connectivity index (χ0) is 24.1. The minimum atomic E-state index is -1.09.